The predicted molar refractivity (Wildman–Crippen MR) is 97.0 cm³/mol. The van der Waals surface area contributed by atoms with E-state index < -0.39 is 0 Å². The van der Waals surface area contributed by atoms with Crippen LogP contribution in [0.15, 0.2) is 48.5 Å². The highest BCUT2D eigenvalue weighted by Gasteiger charge is 2.44. The third kappa shape index (κ3) is 3.35. The first kappa shape index (κ1) is 16.0. The van der Waals surface area contributed by atoms with Crippen molar-refractivity contribution in [2.45, 2.75) is 18.3 Å². The molecule has 1 fully saturated rings. The van der Waals surface area contributed by atoms with Gasteiger partial charge in [0, 0.05) is 18.0 Å². The second kappa shape index (κ2) is 6.45. The fourth-order valence-electron chi connectivity index (χ4n) is 3.08. The molecule has 1 aliphatic carbocycles. The van der Waals surface area contributed by atoms with Crippen LogP contribution in [0.2, 0.25) is 5.02 Å². The minimum Gasteiger partial charge on any atom is -0.454 e. The summed E-state index contributed by atoms with van der Waals surface area (Å²) in [6.45, 7) is 0.826. The largest absolute Gasteiger partial charge is 0.454 e. The van der Waals surface area contributed by atoms with Crippen LogP contribution in [0.5, 0.6) is 11.5 Å². The molecule has 0 bridgehead atoms. The molecule has 25 heavy (non-hydrogen) atoms. The van der Waals surface area contributed by atoms with Crippen molar-refractivity contribution >= 4 is 23.6 Å². The Morgan fingerprint density at radius 3 is 2.76 bits per heavy atom. The van der Waals surface area contributed by atoms with Crippen molar-refractivity contribution in [3.05, 3.63) is 64.7 Å². The van der Waals surface area contributed by atoms with Crippen LogP contribution in [0.4, 0.5) is 0 Å². The second-order valence-corrected chi connectivity index (χ2v) is 6.84. The molecule has 0 saturated heterocycles. The SMILES string of the molecule is O=C(/C=C/c1cc(Cl)c2c(c1)OCO2)NCC1(c2ccccc2)CC1. The minimum absolute atomic E-state index is 0.104. The summed E-state index contributed by atoms with van der Waals surface area (Å²) in [6, 6.07) is 13.9. The van der Waals surface area contributed by atoms with Gasteiger partial charge >= 0.3 is 0 Å². The highest BCUT2D eigenvalue weighted by molar-refractivity contribution is 6.32. The summed E-state index contributed by atoms with van der Waals surface area (Å²) in [4.78, 5) is 12.2. The maximum absolute atomic E-state index is 12.2. The molecule has 0 atom stereocenters. The number of rotatable bonds is 5. The Morgan fingerprint density at radius 1 is 1.20 bits per heavy atom. The molecule has 0 unspecified atom stereocenters. The summed E-state index contributed by atoms with van der Waals surface area (Å²) in [7, 11) is 0. The van der Waals surface area contributed by atoms with Gasteiger partial charge in [-0.3, -0.25) is 4.79 Å². The van der Waals surface area contributed by atoms with Gasteiger partial charge in [-0.05, 0) is 42.2 Å². The molecule has 2 aromatic rings. The number of carbonyl (C=O) groups excluding carboxylic acids is 1. The molecule has 0 spiro atoms. The van der Waals surface area contributed by atoms with E-state index in [0.717, 1.165) is 18.4 Å². The fraction of sp³-hybridized carbons (Fsp3) is 0.250. The van der Waals surface area contributed by atoms with Gasteiger partial charge in [0.2, 0.25) is 12.7 Å². The number of benzene rings is 2. The van der Waals surface area contributed by atoms with E-state index in [9.17, 15) is 4.79 Å². The number of halogens is 1. The Labute approximate surface area is 151 Å². The maximum Gasteiger partial charge on any atom is 0.244 e. The van der Waals surface area contributed by atoms with Gasteiger partial charge in [-0.1, -0.05) is 41.9 Å². The summed E-state index contributed by atoms with van der Waals surface area (Å²) in [5.41, 5.74) is 2.20. The first-order valence-electron chi connectivity index (χ1n) is 8.27. The second-order valence-electron chi connectivity index (χ2n) is 6.43. The summed E-state index contributed by atoms with van der Waals surface area (Å²) < 4.78 is 10.6. The highest BCUT2D eigenvalue weighted by atomic mass is 35.5. The monoisotopic (exact) mass is 355 g/mol. The molecule has 0 radical (unpaired) electrons. The topological polar surface area (TPSA) is 47.6 Å². The quantitative estimate of drug-likeness (QED) is 0.827. The van der Waals surface area contributed by atoms with Crippen LogP contribution < -0.4 is 14.8 Å². The minimum atomic E-state index is -0.115. The van der Waals surface area contributed by atoms with Crippen molar-refractivity contribution in [1.82, 2.24) is 5.32 Å². The molecule has 1 N–H and O–H groups in total. The molecule has 1 heterocycles. The lowest BCUT2D eigenvalue weighted by Gasteiger charge is -2.15. The van der Waals surface area contributed by atoms with E-state index in [1.165, 1.54) is 11.6 Å². The van der Waals surface area contributed by atoms with Crippen LogP contribution in [0.3, 0.4) is 0 Å². The van der Waals surface area contributed by atoms with Crippen LogP contribution in [0, 0.1) is 0 Å². The summed E-state index contributed by atoms with van der Waals surface area (Å²) in [6.07, 6.45) is 5.47. The van der Waals surface area contributed by atoms with Gasteiger partial charge in [0.1, 0.15) is 0 Å². The number of ether oxygens (including phenoxy) is 2. The van der Waals surface area contributed by atoms with Gasteiger partial charge in [-0.25, -0.2) is 0 Å². The predicted octanol–water partition coefficient (Wildman–Crippen LogP) is 3.93. The van der Waals surface area contributed by atoms with Crippen molar-refractivity contribution in [2.24, 2.45) is 0 Å². The highest BCUT2D eigenvalue weighted by Crippen LogP contribution is 2.47. The normalized spacial score (nSPS) is 16.8. The molecule has 0 aromatic heterocycles. The van der Waals surface area contributed by atoms with Gasteiger partial charge in [-0.15, -0.1) is 0 Å². The molecule has 2 aromatic carbocycles. The van der Waals surface area contributed by atoms with Crippen LogP contribution in [-0.2, 0) is 10.2 Å². The number of hydrogen-bond donors (Lipinski definition) is 1. The maximum atomic E-state index is 12.2. The molecule has 1 saturated carbocycles. The molecular weight excluding hydrogens is 338 g/mol. The first-order valence-corrected chi connectivity index (χ1v) is 8.65. The molecule has 4 nitrogen and oxygen atoms in total. The third-order valence-electron chi connectivity index (χ3n) is 4.72. The molecule has 1 aliphatic heterocycles. The van der Waals surface area contributed by atoms with Gasteiger partial charge in [0.15, 0.2) is 11.5 Å². The fourth-order valence-corrected chi connectivity index (χ4v) is 3.35. The Balaban J connectivity index is 1.38. The van der Waals surface area contributed by atoms with Crippen LogP contribution in [0.1, 0.15) is 24.0 Å². The van der Waals surface area contributed by atoms with Crippen molar-refractivity contribution < 1.29 is 14.3 Å². The van der Waals surface area contributed by atoms with Crippen molar-refractivity contribution in [3.63, 3.8) is 0 Å². The van der Waals surface area contributed by atoms with E-state index >= 15 is 0 Å². The van der Waals surface area contributed by atoms with E-state index in [1.54, 1.807) is 12.1 Å². The summed E-state index contributed by atoms with van der Waals surface area (Å²) in [5.74, 6) is 1.05. The molecular formula is C20H18ClNO3. The van der Waals surface area contributed by atoms with E-state index in [1.807, 2.05) is 24.3 Å². The lowest BCUT2D eigenvalue weighted by Crippen LogP contribution is -2.30. The lowest BCUT2D eigenvalue weighted by atomic mass is 9.96. The number of hydrogen-bond acceptors (Lipinski definition) is 3. The Bertz CT molecular complexity index is 828. The molecule has 5 heteroatoms. The number of carbonyl (C=O) groups is 1. The molecule has 4 rings (SSSR count). The van der Waals surface area contributed by atoms with E-state index in [0.29, 0.717) is 23.1 Å². The van der Waals surface area contributed by atoms with E-state index in [-0.39, 0.29) is 18.1 Å². The first-order chi connectivity index (χ1) is 12.2. The van der Waals surface area contributed by atoms with Gasteiger partial charge in [-0.2, -0.15) is 0 Å². The van der Waals surface area contributed by atoms with Gasteiger partial charge < -0.3 is 14.8 Å². The Kier molecular flexibility index (Phi) is 4.14. The zero-order valence-corrected chi connectivity index (χ0v) is 14.4. The standard InChI is InChI=1S/C20H18ClNO3/c21-16-10-14(11-17-19(16)25-13-24-17)6-7-18(23)22-12-20(8-9-20)15-4-2-1-3-5-15/h1-7,10-11H,8-9,12-13H2,(H,22,23)/b7-6+. The molecule has 1 amide bonds. The van der Waals surface area contributed by atoms with Crippen LogP contribution in [0.25, 0.3) is 6.08 Å². The zero-order valence-electron chi connectivity index (χ0n) is 13.6. The van der Waals surface area contributed by atoms with Crippen LogP contribution >= 0.6 is 11.6 Å². The number of fused-ring (bicyclic) bond motifs is 1. The van der Waals surface area contributed by atoms with Crippen molar-refractivity contribution in [3.8, 4) is 11.5 Å². The Morgan fingerprint density at radius 2 is 2.00 bits per heavy atom. The van der Waals surface area contributed by atoms with E-state index in [2.05, 4.69) is 17.4 Å². The van der Waals surface area contributed by atoms with Gasteiger partial charge in [0.25, 0.3) is 0 Å². The Hall–Kier alpha value is -2.46. The zero-order chi connectivity index (χ0) is 17.3. The van der Waals surface area contributed by atoms with Crippen LogP contribution in [-0.4, -0.2) is 19.2 Å². The number of nitrogens with one attached hydrogen (secondary N) is 1. The van der Waals surface area contributed by atoms with Gasteiger partial charge in [0.05, 0.1) is 5.02 Å². The smallest absolute Gasteiger partial charge is 0.244 e. The summed E-state index contributed by atoms with van der Waals surface area (Å²) >= 11 is 6.15. The molecule has 128 valence electrons. The average molecular weight is 356 g/mol. The third-order valence-corrected chi connectivity index (χ3v) is 5.00. The average Bonchev–Trinajstić information content (AvgIpc) is 3.28. The van der Waals surface area contributed by atoms with Crippen molar-refractivity contribution in [1.29, 1.82) is 0 Å². The molecule has 2 aliphatic rings. The summed E-state index contributed by atoms with van der Waals surface area (Å²) in [5, 5.41) is 3.49. The van der Waals surface area contributed by atoms with Crippen molar-refractivity contribution in [2.75, 3.05) is 13.3 Å². The van der Waals surface area contributed by atoms with E-state index in [4.69, 9.17) is 21.1 Å². The lowest BCUT2D eigenvalue weighted by molar-refractivity contribution is -0.116. The number of amides is 1.